The first-order valence-electron chi connectivity index (χ1n) is 9.10. The van der Waals surface area contributed by atoms with Crippen molar-refractivity contribution in [1.82, 2.24) is 4.90 Å². The zero-order valence-corrected chi connectivity index (χ0v) is 16.0. The van der Waals surface area contributed by atoms with Crippen LogP contribution in [0, 0.1) is 0 Å². The summed E-state index contributed by atoms with van der Waals surface area (Å²) in [6.45, 7) is 3.61. The van der Waals surface area contributed by atoms with Gasteiger partial charge >= 0.3 is 0 Å². The smallest absolute Gasteiger partial charge is 0.238 e. The van der Waals surface area contributed by atoms with E-state index >= 15 is 0 Å². The summed E-state index contributed by atoms with van der Waals surface area (Å²) in [5, 5.41) is 2.93. The fraction of sp³-hybridized carbons (Fsp3) is 0.381. The highest BCUT2D eigenvalue weighted by Crippen LogP contribution is 2.32. The van der Waals surface area contributed by atoms with Crippen LogP contribution in [0.25, 0.3) is 0 Å². The second-order valence-corrected chi connectivity index (χ2v) is 6.62. The first kappa shape index (κ1) is 19.0. The van der Waals surface area contributed by atoms with Crippen LogP contribution in [0.5, 0.6) is 17.2 Å². The molecular weight excluding hydrogens is 344 g/mol. The number of fused-ring (bicyclic) bond motifs is 1. The molecule has 2 aromatic carbocycles. The molecule has 1 aliphatic heterocycles. The Morgan fingerprint density at radius 3 is 2.56 bits per heavy atom. The third-order valence-electron chi connectivity index (χ3n) is 4.68. The van der Waals surface area contributed by atoms with Gasteiger partial charge < -0.3 is 19.5 Å². The van der Waals surface area contributed by atoms with Gasteiger partial charge in [-0.1, -0.05) is 12.1 Å². The van der Waals surface area contributed by atoms with Gasteiger partial charge in [0.05, 0.1) is 26.9 Å². The summed E-state index contributed by atoms with van der Waals surface area (Å²) in [5.41, 5.74) is 1.83. The average Bonchev–Trinajstić information content (AvgIpc) is 2.92. The van der Waals surface area contributed by atoms with Crippen molar-refractivity contribution in [3.8, 4) is 17.2 Å². The van der Waals surface area contributed by atoms with Crippen LogP contribution in [-0.4, -0.2) is 44.7 Å². The molecule has 2 aromatic rings. The number of nitrogens with one attached hydrogen (secondary N) is 1. The number of likely N-dealkylation sites (N-methyl/N-ethyl adjacent to an activating group) is 1. The number of methoxy groups -OCH3 is 1. The Kier molecular flexibility index (Phi) is 6.19. The Hall–Kier alpha value is -2.73. The molecule has 3 rings (SSSR count). The van der Waals surface area contributed by atoms with E-state index in [1.165, 1.54) is 0 Å². The van der Waals surface area contributed by atoms with Crippen molar-refractivity contribution in [3.63, 3.8) is 0 Å². The molecule has 1 atom stereocenters. The fourth-order valence-corrected chi connectivity index (χ4v) is 2.94. The number of hydrogen-bond acceptors (Lipinski definition) is 5. The van der Waals surface area contributed by atoms with Crippen molar-refractivity contribution in [2.24, 2.45) is 0 Å². The third-order valence-corrected chi connectivity index (χ3v) is 4.68. The molecule has 0 aromatic heterocycles. The van der Waals surface area contributed by atoms with Crippen molar-refractivity contribution < 1.29 is 19.0 Å². The molecule has 1 N–H and O–H groups in total. The summed E-state index contributed by atoms with van der Waals surface area (Å²) in [4.78, 5) is 14.5. The maximum atomic E-state index is 12.5. The van der Waals surface area contributed by atoms with E-state index in [0.29, 0.717) is 24.7 Å². The molecule has 0 saturated carbocycles. The maximum absolute atomic E-state index is 12.5. The number of anilines is 1. The number of hydrogen-bond donors (Lipinski definition) is 1. The van der Waals surface area contributed by atoms with E-state index in [0.717, 1.165) is 23.5 Å². The van der Waals surface area contributed by atoms with Crippen LogP contribution < -0.4 is 19.5 Å². The summed E-state index contributed by atoms with van der Waals surface area (Å²) >= 11 is 0. The molecule has 6 nitrogen and oxygen atoms in total. The molecule has 0 spiro atoms. The van der Waals surface area contributed by atoms with E-state index in [9.17, 15) is 4.79 Å². The molecule has 0 radical (unpaired) electrons. The van der Waals surface area contributed by atoms with Crippen molar-refractivity contribution in [3.05, 3.63) is 48.0 Å². The van der Waals surface area contributed by atoms with Crippen LogP contribution in [-0.2, 0) is 4.79 Å². The van der Waals surface area contributed by atoms with E-state index in [-0.39, 0.29) is 18.5 Å². The lowest BCUT2D eigenvalue weighted by Crippen LogP contribution is -2.32. The van der Waals surface area contributed by atoms with Crippen LogP contribution in [0.4, 0.5) is 5.69 Å². The van der Waals surface area contributed by atoms with Gasteiger partial charge in [-0.05, 0) is 43.8 Å². The largest absolute Gasteiger partial charge is 0.497 e. The molecule has 1 unspecified atom stereocenters. The molecular formula is C21H26N2O4. The molecule has 1 aliphatic rings. The second kappa shape index (κ2) is 8.77. The topological polar surface area (TPSA) is 60.0 Å². The summed E-state index contributed by atoms with van der Waals surface area (Å²) in [7, 11) is 3.58. The van der Waals surface area contributed by atoms with E-state index in [1.54, 1.807) is 7.11 Å². The molecule has 27 heavy (non-hydrogen) atoms. The van der Waals surface area contributed by atoms with E-state index in [2.05, 4.69) is 12.2 Å². The Balaban J connectivity index is 1.58. The van der Waals surface area contributed by atoms with Crippen molar-refractivity contribution >= 4 is 11.6 Å². The molecule has 1 amide bonds. The van der Waals surface area contributed by atoms with Crippen molar-refractivity contribution in [2.75, 3.05) is 39.2 Å². The third kappa shape index (κ3) is 4.92. The Morgan fingerprint density at radius 2 is 1.85 bits per heavy atom. The number of carbonyl (C=O) groups is 1. The van der Waals surface area contributed by atoms with Gasteiger partial charge in [0.2, 0.25) is 5.91 Å². The maximum Gasteiger partial charge on any atom is 0.238 e. The average molecular weight is 370 g/mol. The van der Waals surface area contributed by atoms with Crippen molar-refractivity contribution in [1.29, 1.82) is 0 Å². The first-order valence-corrected chi connectivity index (χ1v) is 9.10. The molecule has 0 saturated heterocycles. The normalized spacial score (nSPS) is 14.4. The predicted octanol–water partition coefficient (Wildman–Crippen LogP) is 3.49. The molecule has 0 fully saturated rings. The summed E-state index contributed by atoms with van der Waals surface area (Å²) in [6, 6.07) is 13.5. The minimum absolute atomic E-state index is 0.0765. The lowest BCUT2D eigenvalue weighted by Gasteiger charge is -2.24. The number of carbonyl (C=O) groups excluding carboxylic acids is 1. The van der Waals surface area contributed by atoms with Crippen LogP contribution in [0.15, 0.2) is 42.5 Å². The molecule has 6 heteroatoms. The standard InChI is InChI=1S/C21H26N2O4/c1-15(16-5-8-18(25-3)9-6-16)23(2)14-21(24)22-17-7-10-19-20(13-17)27-12-4-11-26-19/h5-10,13,15H,4,11-12,14H2,1-3H3,(H,22,24). The van der Waals surface area contributed by atoms with E-state index < -0.39 is 0 Å². The monoisotopic (exact) mass is 370 g/mol. The van der Waals surface area contributed by atoms with Gasteiger partial charge in [0.15, 0.2) is 11.5 Å². The van der Waals surface area contributed by atoms with Crippen LogP contribution in [0.2, 0.25) is 0 Å². The number of amides is 1. The van der Waals surface area contributed by atoms with Gasteiger partial charge in [-0.15, -0.1) is 0 Å². The van der Waals surface area contributed by atoms with Gasteiger partial charge in [0.1, 0.15) is 5.75 Å². The minimum atomic E-state index is -0.0765. The van der Waals surface area contributed by atoms with Gasteiger partial charge in [-0.25, -0.2) is 0 Å². The number of ether oxygens (including phenoxy) is 3. The van der Waals surface area contributed by atoms with Gasteiger partial charge in [-0.3, -0.25) is 9.69 Å². The van der Waals surface area contributed by atoms with Crippen LogP contribution >= 0.6 is 0 Å². The SMILES string of the molecule is COc1ccc(C(C)N(C)CC(=O)Nc2ccc3c(c2)OCCCO3)cc1. The van der Waals surface area contributed by atoms with E-state index in [1.807, 2.05) is 54.4 Å². The second-order valence-electron chi connectivity index (χ2n) is 6.62. The van der Waals surface area contributed by atoms with Crippen LogP contribution in [0.3, 0.4) is 0 Å². The Bertz CT molecular complexity index is 776. The number of benzene rings is 2. The highest BCUT2D eigenvalue weighted by molar-refractivity contribution is 5.92. The molecule has 0 aliphatic carbocycles. The Labute approximate surface area is 160 Å². The molecule has 0 bridgehead atoms. The minimum Gasteiger partial charge on any atom is -0.497 e. The van der Waals surface area contributed by atoms with E-state index in [4.69, 9.17) is 14.2 Å². The molecule has 1 heterocycles. The summed E-state index contributed by atoms with van der Waals surface area (Å²) in [5.74, 6) is 2.13. The lowest BCUT2D eigenvalue weighted by molar-refractivity contribution is -0.117. The Morgan fingerprint density at radius 1 is 1.15 bits per heavy atom. The van der Waals surface area contributed by atoms with Gasteiger partial charge in [-0.2, -0.15) is 0 Å². The van der Waals surface area contributed by atoms with Crippen LogP contribution in [0.1, 0.15) is 24.9 Å². The van der Waals surface area contributed by atoms with Crippen molar-refractivity contribution in [2.45, 2.75) is 19.4 Å². The lowest BCUT2D eigenvalue weighted by atomic mass is 10.1. The number of rotatable bonds is 6. The predicted molar refractivity (Wildman–Crippen MR) is 105 cm³/mol. The zero-order valence-electron chi connectivity index (χ0n) is 16.0. The molecule has 144 valence electrons. The zero-order chi connectivity index (χ0) is 19.2. The number of nitrogens with zero attached hydrogens (tertiary/aromatic N) is 1. The quantitative estimate of drug-likeness (QED) is 0.843. The fourth-order valence-electron chi connectivity index (χ4n) is 2.94. The summed E-state index contributed by atoms with van der Waals surface area (Å²) in [6.07, 6.45) is 0.852. The highest BCUT2D eigenvalue weighted by atomic mass is 16.5. The van der Waals surface area contributed by atoms with Gasteiger partial charge in [0.25, 0.3) is 0 Å². The van der Waals surface area contributed by atoms with Gasteiger partial charge in [0, 0.05) is 24.2 Å². The first-order chi connectivity index (χ1) is 13.1. The highest BCUT2D eigenvalue weighted by Gasteiger charge is 2.16. The summed E-state index contributed by atoms with van der Waals surface area (Å²) < 4.78 is 16.5.